The van der Waals surface area contributed by atoms with Crippen molar-refractivity contribution in [3.05, 3.63) is 60.2 Å². The average Bonchev–Trinajstić information content (AvgIpc) is 3.10. The molecule has 2 aromatic rings. The molecule has 1 amide bonds. The van der Waals surface area contributed by atoms with E-state index < -0.39 is 11.4 Å². The zero-order valence-electron chi connectivity index (χ0n) is 15.3. The fourth-order valence-electron chi connectivity index (χ4n) is 3.00. The van der Waals surface area contributed by atoms with E-state index in [4.69, 9.17) is 9.47 Å². The molecule has 0 radical (unpaired) electrons. The molecule has 3 rings (SSSR count). The van der Waals surface area contributed by atoms with Gasteiger partial charge in [-0.3, -0.25) is 9.59 Å². The van der Waals surface area contributed by atoms with Gasteiger partial charge in [-0.25, -0.2) is 0 Å². The van der Waals surface area contributed by atoms with Crippen LogP contribution in [0, 0.1) is 5.41 Å². The molecule has 1 fully saturated rings. The molecule has 142 valence electrons. The molecule has 2 aromatic carbocycles. The second-order valence-electron chi connectivity index (χ2n) is 6.94. The maximum absolute atomic E-state index is 12.4. The zero-order chi connectivity index (χ0) is 19.3. The molecular formula is C21H23NO5. The van der Waals surface area contributed by atoms with Gasteiger partial charge in [0.15, 0.2) is 18.1 Å². The quantitative estimate of drug-likeness (QED) is 0.812. The minimum Gasteiger partial charge on any atom is -0.485 e. The number of hydrogen-bond acceptors (Lipinski definition) is 4. The molecule has 0 saturated carbocycles. The highest BCUT2D eigenvalue weighted by molar-refractivity contribution is 5.81. The maximum Gasteiger partial charge on any atom is 0.311 e. The van der Waals surface area contributed by atoms with Crippen molar-refractivity contribution in [2.75, 3.05) is 19.7 Å². The van der Waals surface area contributed by atoms with E-state index in [1.54, 1.807) is 24.0 Å². The summed E-state index contributed by atoms with van der Waals surface area (Å²) < 4.78 is 11.5. The SMILES string of the molecule is CC1(C(=O)O)CCN(C(=O)COc2ccccc2OCc2ccccc2)C1. The summed E-state index contributed by atoms with van der Waals surface area (Å²) in [6, 6.07) is 17.0. The Morgan fingerprint density at radius 1 is 1.04 bits per heavy atom. The van der Waals surface area contributed by atoms with Gasteiger partial charge in [0.2, 0.25) is 0 Å². The molecule has 0 spiro atoms. The number of benzene rings is 2. The van der Waals surface area contributed by atoms with Crippen LogP contribution in [0.15, 0.2) is 54.6 Å². The van der Waals surface area contributed by atoms with Crippen LogP contribution in [0.3, 0.4) is 0 Å². The molecule has 1 aliphatic rings. The van der Waals surface area contributed by atoms with Gasteiger partial charge in [0.1, 0.15) is 6.61 Å². The summed E-state index contributed by atoms with van der Waals surface area (Å²) >= 11 is 0. The van der Waals surface area contributed by atoms with Crippen LogP contribution in [0.5, 0.6) is 11.5 Å². The van der Waals surface area contributed by atoms with E-state index in [0.29, 0.717) is 31.1 Å². The number of carboxylic acid groups (broad SMARTS) is 1. The van der Waals surface area contributed by atoms with Crippen molar-refractivity contribution < 1.29 is 24.2 Å². The van der Waals surface area contributed by atoms with Gasteiger partial charge in [0.05, 0.1) is 5.41 Å². The Morgan fingerprint density at radius 2 is 1.67 bits per heavy atom. The Hall–Kier alpha value is -3.02. The Balaban J connectivity index is 1.57. The van der Waals surface area contributed by atoms with E-state index in [9.17, 15) is 14.7 Å². The third-order valence-corrected chi connectivity index (χ3v) is 4.78. The predicted octanol–water partition coefficient (Wildman–Crippen LogP) is 2.97. The first-order valence-electron chi connectivity index (χ1n) is 8.88. The molecule has 0 aromatic heterocycles. The molecule has 1 saturated heterocycles. The van der Waals surface area contributed by atoms with Crippen molar-refractivity contribution in [2.45, 2.75) is 20.0 Å². The summed E-state index contributed by atoms with van der Waals surface area (Å²) in [5.41, 5.74) is 0.153. The lowest BCUT2D eigenvalue weighted by Crippen LogP contribution is -2.37. The van der Waals surface area contributed by atoms with Crippen LogP contribution in [0.4, 0.5) is 0 Å². The van der Waals surface area contributed by atoms with Crippen molar-refractivity contribution in [3.63, 3.8) is 0 Å². The molecular weight excluding hydrogens is 346 g/mol. The van der Waals surface area contributed by atoms with Gasteiger partial charge in [0, 0.05) is 13.1 Å². The number of carbonyl (C=O) groups is 2. The van der Waals surface area contributed by atoms with E-state index in [0.717, 1.165) is 5.56 Å². The highest BCUT2D eigenvalue weighted by Crippen LogP contribution is 2.31. The molecule has 0 aliphatic carbocycles. The highest BCUT2D eigenvalue weighted by atomic mass is 16.5. The first-order valence-corrected chi connectivity index (χ1v) is 8.88. The summed E-state index contributed by atoms with van der Waals surface area (Å²) in [6.07, 6.45) is 0.449. The molecule has 1 N–H and O–H groups in total. The van der Waals surface area contributed by atoms with Crippen LogP contribution in [0.25, 0.3) is 0 Å². The summed E-state index contributed by atoms with van der Waals surface area (Å²) in [5.74, 6) is -0.0517. The highest BCUT2D eigenvalue weighted by Gasteiger charge is 2.42. The fourth-order valence-corrected chi connectivity index (χ4v) is 3.00. The number of nitrogens with zero attached hydrogens (tertiary/aromatic N) is 1. The third kappa shape index (κ3) is 4.58. The van der Waals surface area contributed by atoms with E-state index >= 15 is 0 Å². The van der Waals surface area contributed by atoms with E-state index in [1.165, 1.54) is 0 Å². The van der Waals surface area contributed by atoms with Crippen molar-refractivity contribution in [2.24, 2.45) is 5.41 Å². The predicted molar refractivity (Wildman–Crippen MR) is 99.7 cm³/mol. The average molecular weight is 369 g/mol. The number of aliphatic carboxylic acids is 1. The Labute approximate surface area is 158 Å². The van der Waals surface area contributed by atoms with Crippen LogP contribution in [-0.4, -0.2) is 41.6 Å². The standard InChI is InChI=1S/C21H23NO5/c1-21(20(24)25)11-12-22(15-21)19(23)14-27-18-10-6-5-9-17(18)26-13-16-7-3-2-4-8-16/h2-10H,11-15H2,1H3,(H,24,25). The normalized spacial score (nSPS) is 18.9. The molecule has 27 heavy (non-hydrogen) atoms. The van der Waals surface area contributed by atoms with Gasteiger partial charge >= 0.3 is 5.97 Å². The zero-order valence-corrected chi connectivity index (χ0v) is 15.3. The first kappa shape index (κ1) is 18.8. The lowest BCUT2D eigenvalue weighted by atomic mass is 9.90. The smallest absolute Gasteiger partial charge is 0.311 e. The molecule has 1 heterocycles. The van der Waals surface area contributed by atoms with Gasteiger partial charge in [-0.1, -0.05) is 42.5 Å². The van der Waals surface area contributed by atoms with E-state index in [1.807, 2.05) is 42.5 Å². The number of rotatable bonds is 7. The number of carbonyl (C=O) groups excluding carboxylic acids is 1. The summed E-state index contributed by atoms with van der Waals surface area (Å²) in [4.78, 5) is 25.2. The van der Waals surface area contributed by atoms with Gasteiger partial charge in [-0.15, -0.1) is 0 Å². The molecule has 1 aliphatic heterocycles. The van der Waals surface area contributed by atoms with Crippen LogP contribution in [0.1, 0.15) is 18.9 Å². The van der Waals surface area contributed by atoms with Crippen molar-refractivity contribution in [1.82, 2.24) is 4.90 Å². The van der Waals surface area contributed by atoms with Gasteiger partial charge < -0.3 is 19.5 Å². The number of para-hydroxylation sites is 2. The van der Waals surface area contributed by atoms with Crippen molar-refractivity contribution >= 4 is 11.9 Å². The number of hydrogen-bond donors (Lipinski definition) is 1. The van der Waals surface area contributed by atoms with Crippen LogP contribution in [-0.2, 0) is 16.2 Å². The molecule has 1 atom stereocenters. The summed E-state index contributed by atoms with van der Waals surface area (Å²) in [5, 5.41) is 9.28. The number of carboxylic acids is 1. The number of likely N-dealkylation sites (tertiary alicyclic amines) is 1. The Morgan fingerprint density at radius 3 is 2.30 bits per heavy atom. The van der Waals surface area contributed by atoms with Crippen LogP contribution >= 0.6 is 0 Å². The minimum absolute atomic E-state index is 0.151. The largest absolute Gasteiger partial charge is 0.485 e. The van der Waals surface area contributed by atoms with Gasteiger partial charge in [-0.05, 0) is 31.0 Å². The monoisotopic (exact) mass is 369 g/mol. The molecule has 0 bridgehead atoms. The Bertz CT molecular complexity index is 807. The first-order chi connectivity index (χ1) is 13.0. The lowest BCUT2D eigenvalue weighted by molar-refractivity contribution is -0.147. The summed E-state index contributed by atoms with van der Waals surface area (Å²) in [7, 11) is 0. The second-order valence-corrected chi connectivity index (χ2v) is 6.94. The third-order valence-electron chi connectivity index (χ3n) is 4.78. The minimum atomic E-state index is -0.883. The van der Waals surface area contributed by atoms with Gasteiger partial charge in [-0.2, -0.15) is 0 Å². The molecule has 6 nitrogen and oxygen atoms in total. The molecule has 6 heteroatoms. The van der Waals surface area contributed by atoms with Crippen molar-refractivity contribution in [3.8, 4) is 11.5 Å². The molecule has 1 unspecified atom stereocenters. The van der Waals surface area contributed by atoms with E-state index in [2.05, 4.69) is 0 Å². The van der Waals surface area contributed by atoms with Crippen LogP contribution < -0.4 is 9.47 Å². The number of ether oxygens (including phenoxy) is 2. The van der Waals surface area contributed by atoms with E-state index in [-0.39, 0.29) is 19.1 Å². The van der Waals surface area contributed by atoms with Crippen molar-refractivity contribution in [1.29, 1.82) is 0 Å². The number of amides is 1. The lowest BCUT2D eigenvalue weighted by Gasteiger charge is -2.20. The topological polar surface area (TPSA) is 76.1 Å². The van der Waals surface area contributed by atoms with Crippen LogP contribution in [0.2, 0.25) is 0 Å². The van der Waals surface area contributed by atoms with Gasteiger partial charge in [0.25, 0.3) is 5.91 Å². The fraction of sp³-hybridized carbons (Fsp3) is 0.333. The second kappa shape index (κ2) is 8.12. The summed E-state index contributed by atoms with van der Waals surface area (Å²) in [6.45, 7) is 2.55. The maximum atomic E-state index is 12.4. The Kier molecular flexibility index (Phi) is 5.64.